The first-order valence-electron chi connectivity index (χ1n) is 10.4. The van der Waals surface area contributed by atoms with Crippen LogP contribution >= 0.6 is 11.8 Å². The van der Waals surface area contributed by atoms with Crippen molar-refractivity contribution >= 4 is 23.6 Å². The fraction of sp³-hybridized carbons (Fsp3) is 0.304. The van der Waals surface area contributed by atoms with Crippen LogP contribution in [0.3, 0.4) is 0 Å². The first-order valence-corrected chi connectivity index (χ1v) is 11.4. The van der Waals surface area contributed by atoms with Crippen molar-refractivity contribution in [3.05, 3.63) is 60.4 Å². The van der Waals surface area contributed by atoms with Gasteiger partial charge in [0.15, 0.2) is 11.0 Å². The van der Waals surface area contributed by atoms with Crippen LogP contribution in [0.1, 0.15) is 6.42 Å². The van der Waals surface area contributed by atoms with E-state index in [9.17, 15) is 14.0 Å². The van der Waals surface area contributed by atoms with Gasteiger partial charge in [-0.25, -0.2) is 4.39 Å². The molecule has 3 rings (SSSR count). The molecule has 10 heteroatoms. The molecule has 0 bridgehead atoms. The number of thioether (sulfide) groups is 1. The van der Waals surface area contributed by atoms with E-state index in [1.54, 1.807) is 36.9 Å². The Morgan fingerprint density at radius 1 is 1.12 bits per heavy atom. The number of methoxy groups -OCH3 is 1. The van der Waals surface area contributed by atoms with Crippen LogP contribution < -0.4 is 5.32 Å². The molecule has 1 N–H and O–H groups in total. The summed E-state index contributed by atoms with van der Waals surface area (Å²) < 4.78 is 21.1. The lowest BCUT2D eigenvalue weighted by Crippen LogP contribution is -2.39. The Morgan fingerprint density at radius 2 is 1.85 bits per heavy atom. The highest BCUT2D eigenvalue weighted by Crippen LogP contribution is 2.29. The summed E-state index contributed by atoms with van der Waals surface area (Å²) in [4.78, 5) is 26.0. The van der Waals surface area contributed by atoms with Crippen molar-refractivity contribution in [2.24, 2.45) is 0 Å². The second-order valence-corrected chi connectivity index (χ2v) is 8.13. The molecule has 0 atom stereocenters. The molecule has 1 heterocycles. The van der Waals surface area contributed by atoms with E-state index in [-0.39, 0.29) is 24.1 Å². The van der Waals surface area contributed by atoms with Crippen LogP contribution in [0.4, 0.5) is 4.39 Å². The number of hydrogen-bond acceptors (Lipinski definition) is 6. The minimum absolute atomic E-state index is 0.0434. The van der Waals surface area contributed by atoms with E-state index in [1.165, 1.54) is 22.7 Å². The standard InChI is InChI=1S/C23H26FN5O3S/c1-28(15-20(30)25-13-8-14-32-2)21(31)16-33-23-27-26-22(18-11-6-7-12-19(18)24)29(23)17-9-4-3-5-10-17/h3-7,9-12H,8,13-16H2,1-2H3,(H,25,30). The highest BCUT2D eigenvalue weighted by Gasteiger charge is 2.20. The van der Waals surface area contributed by atoms with Gasteiger partial charge in [0.25, 0.3) is 0 Å². The predicted molar refractivity (Wildman–Crippen MR) is 125 cm³/mol. The van der Waals surface area contributed by atoms with E-state index in [0.717, 1.165) is 5.69 Å². The number of benzene rings is 2. The van der Waals surface area contributed by atoms with Gasteiger partial charge in [-0.05, 0) is 30.7 Å². The van der Waals surface area contributed by atoms with E-state index in [0.29, 0.717) is 36.1 Å². The second-order valence-electron chi connectivity index (χ2n) is 7.19. The number of nitrogens with one attached hydrogen (secondary N) is 1. The zero-order valence-corrected chi connectivity index (χ0v) is 19.3. The van der Waals surface area contributed by atoms with Gasteiger partial charge < -0.3 is 15.0 Å². The number of hydrogen-bond donors (Lipinski definition) is 1. The number of carbonyl (C=O) groups is 2. The third kappa shape index (κ3) is 6.62. The summed E-state index contributed by atoms with van der Waals surface area (Å²) in [6, 6.07) is 15.7. The van der Waals surface area contributed by atoms with Crippen LogP contribution in [-0.2, 0) is 14.3 Å². The highest BCUT2D eigenvalue weighted by atomic mass is 32.2. The molecule has 2 aromatic carbocycles. The number of aromatic nitrogens is 3. The molecular formula is C23H26FN5O3S. The molecule has 1 aromatic heterocycles. The summed E-state index contributed by atoms with van der Waals surface area (Å²) >= 11 is 1.18. The molecule has 3 aromatic rings. The Hall–Kier alpha value is -3.24. The third-order valence-corrected chi connectivity index (χ3v) is 5.65. The van der Waals surface area contributed by atoms with E-state index < -0.39 is 5.82 Å². The normalized spacial score (nSPS) is 10.8. The number of rotatable bonds is 11. The number of halogens is 1. The lowest BCUT2D eigenvalue weighted by Gasteiger charge is -2.17. The Balaban J connectivity index is 1.70. The van der Waals surface area contributed by atoms with Crippen molar-refractivity contribution < 1.29 is 18.7 Å². The number of ether oxygens (including phenoxy) is 1. The van der Waals surface area contributed by atoms with Gasteiger partial charge in [0, 0.05) is 33.0 Å². The zero-order valence-electron chi connectivity index (χ0n) is 18.5. The van der Waals surface area contributed by atoms with Gasteiger partial charge in [0.05, 0.1) is 17.9 Å². The van der Waals surface area contributed by atoms with Gasteiger partial charge in [-0.3, -0.25) is 14.2 Å². The maximum absolute atomic E-state index is 14.5. The average molecular weight is 472 g/mol. The van der Waals surface area contributed by atoms with Crippen molar-refractivity contribution in [2.75, 3.05) is 39.6 Å². The highest BCUT2D eigenvalue weighted by molar-refractivity contribution is 7.99. The largest absolute Gasteiger partial charge is 0.385 e. The number of nitrogens with zero attached hydrogens (tertiary/aromatic N) is 4. The molecular weight excluding hydrogens is 445 g/mol. The molecule has 0 radical (unpaired) electrons. The molecule has 0 aliphatic carbocycles. The molecule has 8 nitrogen and oxygen atoms in total. The summed E-state index contributed by atoms with van der Waals surface area (Å²) in [5, 5.41) is 11.6. The Morgan fingerprint density at radius 3 is 2.58 bits per heavy atom. The molecule has 0 saturated heterocycles. The monoisotopic (exact) mass is 471 g/mol. The molecule has 0 fully saturated rings. The van der Waals surface area contributed by atoms with Crippen LogP contribution in [0.15, 0.2) is 59.8 Å². The molecule has 0 unspecified atom stereocenters. The fourth-order valence-corrected chi connectivity index (χ4v) is 3.92. The summed E-state index contributed by atoms with van der Waals surface area (Å²) in [5.74, 6) is -0.484. The zero-order chi connectivity index (χ0) is 23.6. The summed E-state index contributed by atoms with van der Waals surface area (Å²) in [5.41, 5.74) is 1.06. The van der Waals surface area contributed by atoms with Crippen molar-refractivity contribution in [3.63, 3.8) is 0 Å². The van der Waals surface area contributed by atoms with Crippen LogP contribution in [0.2, 0.25) is 0 Å². The molecule has 0 aliphatic rings. The average Bonchev–Trinajstić information content (AvgIpc) is 3.24. The number of amides is 2. The van der Waals surface area contributed by atoms with Crippen LogP contribution in [0.5, 0.6) is 0 Å². The number of likely N-dealkylation sites (N-methyl/N-ethyl adjacent to an activating group) is 1. The van der Waals surface area contributed by atoms with E-state index in [4.69, 9.17) is 4.74 Å². The van der Waals surface area contributed by atoms with Gasteiger partial charge in [0.1, 0.15) is 5.82 Å². The van der Waals surface area contributed by atoms with E-state index in [2.05, 4.69) is 15.5 Å². The Labute approximate surface area is 196 Å². The van der Waals surface area contributed by atoms with E-state index >= 15 is 0 Å². The SMILES string of the molecule is COCCCNC(=O)CN(C)C(=O)CSc1nnc(-c2ccccc2F)n1-c1ccccc1. The predicted octanol–water partition coefficient (Wildman–Crippen LogP) is 2.78. The maximum atomic E-state index is 14.5. The lowest BCUT2D eigenvalue weighted by molar-refractivity contribution is -0.132. The van der Waals surface area contributed by atoms with Crippen molar-refractivity contribution in [1.29, 1.82) is 0 Å². The minimum Gasteiger partial charge on any atom is -0.385 e. The first-order chi connectivity index (χ1) is 16.0. The van der Waals surface area contributed by atoms with Gasteiger partial charge in [-0.2, -0.15) is 0 Å². The smallest absolute Gasteiger partial charge is 0.239 e. The number of para-hydroxylation sites is 1. The lowest BCUT2D eigenvalue weighted by atomic mass is 10.2. The van der Waals surface area contributed by atoms with Crippen LogP contribution in [0.25, 0.3) is 17.1 Å². The van der Waals surface area contributed by atoms with Gasteiger partial charge in [0.2, 0.25) is 11.8 Å². The van der Waals surface area contributed by atoms with Gasteiger partial charge in [-0.1, -0.05) is 42.1 Å². The quantitative estimate of drug-likeness (QED) is 0.342. The summed E-state index contributed by atoms with van der Waals surface area (Å²) in [6.45, 7) is 1.00. The van der Waals surface area contributed by atoms with Crippen molar-refractivity contribution in [1.82, 2.24) is 25.0 Å². The van der Waals surface area contributed by atoms with Crippen molar-refractivity contribution in [2.45, 2.75) is 11.6 Å². The van der Waals surface area contributed by atoms with Gasteiger partial charge >= 0.3 is 0 Å². The second kappa shape index (κ2) is 12.1. The molecule has 0 spiro atoms. The maximum Gasteiger partial charge on any atom is 0.239 e. The fourth-order valence-electron chi connectivity index (χ4n) is 3.03. The molecule has 2 amide bonds. The molecule has 0 saturated carbocycles. The van der Waals surface area contributed by atoms with E-state index in [1.807, 2.05) is 30.3 Å². The van der Waals surface area contributed by atoms with Gasteiger partial charge in [-0.15, -0.1) is 10.2 Å². The molecule has 0 aliphatic heterocycles. The summed E-state index contributed by atoms with van der Waals surface area (Å²) in [6.07, 6.45) is 0.704. The third-order valence-electron chi connectivity index (χ3n) is 4.74. The Kier molecular flexibility index (Phi) is 8.96. The minimum atomic E-state index is -0.411. The van der Waals surface area contributed by atoms with Crippen LogP contribution in [0, 0.1) is 5.82 Å². The molecule has 33 heavy (non-hydrogen) atoms. The number of carbonyl (C=O) groups excluding carboxylic acids is 2. The molecule has 174 valence electrons. The first kappa shape index (κ1) is 24.4. The summed E-state index contributed by atoms with van der Waals surface area (Å²) in [7, 11) is 3.17. The van der Waals surface area contributed by atoms with Crippen molar-refractivity contribution in [3.8, 4) is 17.1 Å². The topological polar surface area (TPSA) is 89.3 Å². The van der Waals surface area contributed by atoms with Crippen LogP contribution in [-0.4, -0.2) is 71.1 Å². The Bertz CT molecular complexity index is 1080.